The molecule has 0 radical (unpaired) electrons. The molecule has 1 amide bonds. The lowest BCUT2D eigenvalue weighted by atomic mass is 10.1. The Morgan fingerprint density at radius 2 is 2.22 bits per heavy atom. The monoisotopic (exact) mass is 263 g/mol. The Morgan fingerprint density at radius 3 is 2.94 bits per heavy atom. The third kappa shape index (κ3) is 3.59. The van der Waals surface area contributed by atoms with E-state index in [-0.39, 0.29) is 12.5 Å². The first kappa shape index (κ1) is 13.1. The smallest absolute Gasteiger partial charge is 0.261 e. The number of aliphatic hydroxyl groups excluding tert-OH is 1. The molecular weight excluding hydrogens is 246 g/mol. The van der Waals surface area contributed by atoms with Crippen LogP contribution in [-0.4, -0.2) is 24.2 Å². The van der Waals surface area contributed by atoms with E-state index in [0.717, 1.165) is 11.4 Å². The molecule has 0 aromatic carbocycles. The zero-order chi connectivity index (χ0) is 12.8. The van der Waals surface area contributed by atoms with Crippen LogP contribution in [0, 0.1) is 17.8 Å². The predicted molar refractivity (Wildman–Crippen MR) is 72.6 cm³/mol. The van der Waals surface area contributed by atoms with Crippen molar-refractivity contribution in [1.82, 2.24) is 5.32 Å². The highest BCUT2D eigenvalue weighted by atomic mass is 32.1. The van der Waals surface area contributed by atoms with Crippen molar-refractivity contribution in [2.45, 2.75) is 25.7 Å². The highest BCUT2D eigenvalue weighted by Crippen LogP contribution is 2.24. The first-order chi connectivity index (χ1) is 8.79. The van der Waals surface area contributed by atoms with E-state index in [9.17, 15) is 4.79 Å². The molecule has 18 heavy (non-hydrogen) atoms. The van der Waals surface area contributed by atoms with Crippen molar-refractivity contribution in [1.29, 1.82) is 0 Å². The Labute approximate surface area is 111 Å². The summed E-state index contributed by atoms with van der Waals surface area (Å²) < 4.78 is 0. The van der Waals surface area contributed by atoms with Gasteiger partial charge >= 0.3 is 0 Å². The molecule has 2 rings (SSSR count). The van der Waals surface area contributed by atoms with E-state index in [1.165, 1.54) is 37.0 Å². The fraction of sp³-hybridized carbons (Fsp3) is 0.500. The van der Waals surface area contributed by atoms with Crippen molar-refractivity contribution < 1.29 is 9.90 Å². The van der Waals surface area contributed by atoms with Gasteiger partial charge in [0.1, 0.15) is 6.61 Å². The lowest BCUT2D eigenvalue weighted by molar-refractivity contribution is 0.0951. The maximum absolute atomic E-state index is 11.9. The van der Waals surface area contributed by atoms with Crippen LogP contribution in [0.1, 0.15) is 40.2 Å². The molecule has 1 saturated carbocycles. The summed E-state index contributed by atoms with van der Waals surface area (Å²) in [7, 11) is 0. The fourth-order valence-electron chi connectivity index (χ4n) is 2.19. The maximum atomic E-state index is 11.9. The summed E-state index contributed by atoms with van der Waals surface area (Å²) in [5.74, 6) is 6.03. The van der Waals surface area contributed by atoms with Gasteiger partial charge in [0.05, 0.1) is 9.75 Å². The third-order valence-corrected chi connectivity index (χ3v) is 4.15. The largest absolute Gasteiger partial charge is 0.384 e. The number of aliphatic hydroxyl groups is 1. The second-order valence-corrected chi connectivity index (χ2v) is 5.57. The summed E-state index contributed by atoms with van der Waals surface area (Å²) >= 11 is 1.37. The molecule has 1 fully saturated rings. The van der Waals surface area contributed by atoms with Gasteiger partial charge in [-0.25, -0.2) is 0 Å². The van der Waals surface area contributed by atoms with Crippen molar-refractivity contribution in [3.63, 3.8) is 0 Å². The van der Waals surface area contributed by atoms with Crippen LogP contribution in [0.3, 0.4) is 0 Å². The quantitative estimate of drug-likeness (QED) is 0.820. The minimum atomic E-state index is -0.152. The van der Waals surface area contributed by atoms with Crippen LogP contribution in [-0.2, 0) is 0 Å². The average Bonchev–Trinajstić information content (AvgIpc) is 3.04. The Balaban J connectivity index is 1.86. The van der Waals surface area contributed by atoms with E-state index in [1.807, 2.05) is 6.07 Å². The summed E-state index contributed by atoms with van der Waals surface area (Å²) in [6.07, 6.45) is 5.05. The minimum Gasteiger partial charge on any atom is -0.384 e. The van der Waals surface area contributed by atoms with Crippen LogP contribution in [0.4, 0.5) is 0 Å². The van der Waals surface area contributed by atoms with Crippen LogP contribution in [0.25, 0.3) is 0 Å². The standard InChI is InChI=1S/C14H17NO2S/c16-9-3-6-12-7-8-13(18-12)14(17)15-10-11-4-1-2-5-11/h7-8,11,16H,1-2,4-5,9-10H2,(H,15,17). The Bertz CT molecular complexity index is 464. The molecule has 96 valence electrons. The van der Waals surface area contributed by atoms with Gasteiger partial charge in [0.2, 0.25) is 0 Å². The van der Waals surface area contributed by atoms with Gasteiger partial charge in [-0.2, -0.15) is 0 Å². The van der Waals surface area contributed by atoms with E-state index in [0.29, 0.717) is 10.8 Å². The minimum absolute atomic E-state index is 0.0102. The molecule has 0 unspecified atom stereocenters. The van der Waals surface area contributed by atoms with Crippen LogP contribution in [0.2, 0.25) is 0 Å². The van der Waals surface area contributed by atoms with Gasteiger partial charge < -0.3 is 10.4 Å². The van der Waals surface area contributed by atoms with Gasteiger partial charge in [0.15, 0.2) is 0 Å². The topological polar surface area (TPSA) is 49.3 Å². The molecule has 3 nitrogen and oxygen atoms in total. The molecule has 2 N–H and O–H groups in total. The highest BCUT2D eigenvalue weighted by Gasteiger charge is 2.16. The molecule has 0 bridgehead atoms. The van der Waals surface area contributed by atoms with Gasteiger partial charge in [-0.1, -0.05) is 24.7 Å². The summed E-state index contributed by atoms with van der Waals surface area (Å²) in [6, 6.07) is 3.61. The fourth-order valence-corrected chi connectivity index (χ4v) is 2.99. The molecule has 0 spiro atoms. The molecule has 1 heterocycles. The van der Waals surface area contributed by atoms with E-state index in [1.54, 1.807) is 6.07 Å². The summed E-state index contributed by atoms with van der Waals surface area (Å²) in [4.78, 5) is 13.4. The van der Waals surface area contributed by atoms with Gasteiger partial charge in [-0.05, 0) is 30.9 Å². The number of rotatable bonds is 3. The van der Waals surface area contributed by atoms with Crippen LogP contribution in [0.15, 0.2) is 12.1 Å². The molecule has 1 aromatic heterocycles. The number of carbonyl (C=O) groups excluding carboxylic acids is 1. The molecule has 1 aliphatic carbocycles. The van der Waals surface area contributed by atoms with Gasteiger partial charge in [-0.15, -0.1) is 11.3 Å². The zero-order valence-corrected chi connectivity index (χ0v) is 11.1. The second-order valence-electron chi connectivity index (χ2n) is 4.48. The van der Waals surface area contributed by atoms with E-state index in [4.69, 9.17) is 5.11 Å². The molecule has 0 atom stereocenters. The molecule has 1 aliphatic rings. The second kappa shape index (κ2) is 6.58. The highest BCUT2D eigenvalue weighted by molar-refractivity contribution is 7.14. The average molecular weight is 263 g/mol. The lowest BCUT2D eigenvalue weighted by Gasteiger charge is -2.09. The van der Waals surface area contributed by atoms with Crippen molar-refractivity contribution in [3.8, 4) is 11.8 Å². The number of amides is 1. The summed E-state index contributed by atoms with van der Waals surface area (Å²) in [5.41, 5.74) is 0. The van der Waals surface area contributed by atoms with Gasteiger partial charge in [0.25, 0.3) is 5.91 Å². The number of thiophene rings is 1. The molecule has 0 saturated heterocycles. The van der Waals surface area contributed by atoms with Gasteiger partial charge in [-0.3, -0.25) is 4.79 Å². The van der Waals surface area contributed by atoms with Crippen molar-refractivity contribution in [3.05, 3.63) is 21.9 Å². The number of hydrogen-bond acceptors (Lipinski definition) is 3. The third-order valence-electron chi connectivity index (χ3n) is 3.15. The molecular formula is C14H17NO2S. The number of hydrogen-bond donors (Lipinski definition) is 2. The SMILES string of the molecule is O=C(NCC1CCCC1)c1ccc(C#CCO)s1. The maximum Gasteiger partial charge on any atom is 0.261 e. The molecule has 0 aliphatic heterocycles. The van der Waals surface area contributed by atoms with Crippen molar-refractivity contribution in [2.75, 3.05) is 13.2 Å². The van der Waals surface area contributed by atoms with Crippen LogP contribution < -0.4 is 5.32 Å². The zero-order valence-electron chi connectivity index (χ0n) is 10.2. The Hall–Kier alpha value is -1.31. The van der Waals surface area contributed by atoms with Crippen LogP contribution in [0.5, 0.6) is 0 Å². The first-order valence-corrected chi connectivity index (χ1v) is 7.09. The summed E-state index contributed by atoms with van der Waals surface area (Å²) in [6.45, 7) is 0.634. The normalized spacial score (nSPS) is 15.2. The molecule has 1 aromatic rings. The lowest BCUT2D eigenvalue weighted by Crippen LogP contribution is -2.27. The Morgan fingerprint density at radius 1 is 1.44 bits per heavy atom. The predicted octanol–water partition coefficient (Wildman–Crippen LogP) is 2.01. The van der Waals surface area contributed by atoms with E-state index >= 15 is 0 Å². The number of nitrogens with one attached hydrogen (secondary N) is 1. The summed E-state index contributed by atoms with van der Waals surface area (Å²) in [5, 5.41) is 11.6. The van der Waals surface area contributed by atoms with Crippen LogP contribution >= 0.6 is 11.3 Å². The van der Waals surface area contributed by atoms with E-state index in [2.05, 4.69) is 17.2 Å². The van der Waals surface area contributed by atoms with E-state index < -0.39 is 0 Å². The van der Waals surface area contributed by atoms with Crippen molar-refractivity contribution >= 4 is 17.2 Å². The molecule has 4 heteroatoms. The number of carbonyl (C=O) groups is 1. The van der Waals surface area contributed by atoms with Gasteiger partial charge in [0, 0.05) is 6.54 Å². The Kier molecular flexibility index (Phi) is 4.80. The van der Waals surface area contributed by atoms with Crippen molar-refractivity contribution in [2.24, 2.45) is 5.92 Å². The first-order valence-electron chi connectivity index (χ1n) is 6.27.